The highest BCUT2D eigenvalue weighted by atomic mass is 79.9. The van der Waals surface area contributed by atoms with Crippen molar-refractivity contribution in [3.63, 3.8) is 0 Å². The van der Waals surface area contributed by atoms with Gasteiger partial charge in [0.1, 0.15) is 10.8 Å². The van der Waals surface area contributed by atoms with E-state index in [1.807, 2.05) is 42.5 Å². The normalized spacial score (nSPS) is 11.2. The van der Waals surface area contributed by atoms with Gasteiger partial charge in [0.25, 0.3) is 0 Å². The molecule has 0 saturated carbocycles. The fraction of sp³-hybridized carbons (Fsp3) is 0.0435. The third-order valence-electron chi connectivity index (χ3n) is 4.44. The largest absolute Gasteiger partial charge is 0.496 e. The van der Waals surface area contributed by atoms with Crippen LogP contribution in [-0.2, 0) is 4.79 Å². The number of hydrogen-bond acceptors (Lipinski definition) is 4. The summed E-state index contributed by atoms with van der Waals surface area (Å²) in [5, 5.41) is 4.38. The third kappa shape index (κ3) is 4.93. The lowest BCUT2D eigenvalue weighted by atomic mass is 10.1. The van der Waals surface area contributed by atoms with Gasteiger partial charge in [-0.25, -0.2) is 4.98 Å². The zero-order valence-electron chi connectivity index (χ0n) is 16.2. The fourth-order valence-corrected chi connectivity index (χ4v) is 4.92. The Kier molecular flexibility index (Phi) is 6.62. The van der Waals surface area contributed by atoms with Gasteiger partial charge in [0.2, 0.25) is 5.91 Å². The Hall–Kier alpha value is -2.38. The van der Waals surface area contributed by atoms with Crippen LogP contribution in [0.5, 0.6) is 5.75 Å². The Balaban J connectivity index is 1.61. The third-order valence-corrected chi connectivity index (χ3v) is 6.63. The monoisotopic (exact) mass is 532 g/mol. The lowest BCUT2D eigenvalue weighted by molar-refractivity contribution is -0.111. The topological polar surface area (TPSA) is 51.2 Å². The number of rotatable bonds is 5. The SMILES string of the molecule is COc1ccc(Br)cc1C=CC(=O)Nc1cc(-c2nc3ccccc3s2)c(Cl)cc1Cl. The zero-order chi connectivity index (χ0) is 22.0. The van der Waals surface area contributed by atoms with E-state index in [-0.39, 0.29) is 5.91 Å². The summed E-state index contributed by atoms with van der Waals surface area (Å²) in [7, 11) is 1.58. The van der Waals surface area contributed by atoms with E-state index in [1.54, 1.807) is 25.3 Å². The predicted octanol–water partition coefficient (Wildman–Crippen LogP) is 7.69. The van der Waals surface area contributed by atoms with Gasteiger partial charge in [-0.3, -0.25) is 4.79 Å². The molecule has 156 valence electrons. The first-order valence-electron chi connectivity index (χ1n) is 9.12. The number of nitrogens with one attached hydrogen (secondary N) is 1. The minimum atomic E-state index is -0.332. The maximum absolute atomic E-state index is 12.5. The van der Waals surface area contributed by atoms with Crippen molar-refractivity contribution in [3.05, 3.63) is 80.8 Å². The van der Waals surface area contributed by atoms with Gasteiger partial charge >= 0.3 is 0 Å². The van der Waals surface area contributed by atoms with Gasteiger partial charge in [0.05, 0.1) is 33.1 Å². The molecule has 0 bridgehead atoms. The second-order valence-corrected chi connectivity index (χ2v) is 9.27. The molecule has 0 aliphatic heterocycles. The number of benzene rings is 3. The van der Waals surface area contributed by atoms with E-state index in [2.05, 4.69) is 26.2 Å². The summed E-state index contributed by atoms with van der Waals surface area (Å²) >= 11 is 17.7. The zero-order valence-corrected chi connectivity index (χ0v) is 20.1. The lowest BCUT2D eigenvalue weighted by Crippen LogP contribution is -2.08. The van der Waals surface area contributed by atoms with E-state index >= 15 is 0 Å². The van der Waals surface area contributed by atoms with Crippen LogP contribution in [0.4, 0.5) is 5.69 Å². The lowest BCUT2D eigenvalue weighted by Gasteiger charge is -2.09. The number of amides is 1. The van der Waals surface area contributed by atoms with Crippen LogP contribution in [0.25, 0.3) is 26.9 Å². The van der Waals surface area contributed by atoms with Crippen LogP contribution in [0.2, 0.25) is 10.0 Å². The maximum Gasteiger partial charge on any atom is 0.248 e. The molecule has 1 amide bonds. The van der Waals surface area contributed by atoms with Crippen molar-refractivity contribution >= 4 is 78.4 Å². The van der Waals surface area contributed by atoms with E-state index in [1.165, 1.54) is 17.4 Å². The molecule has 0 aliphatic carbocycles. The number of fused-ring (bicyclic) bond motifs is 1. The van der Waals surface area contributed by atoms with Gasteiger partial charge in [-0.2, -0.15) is 0 Å². The van der Waals surface area contributed by atoms with Gasteiger partial charge in [-0.1, -0.05) is 51.3 Å². The van der Waals surface area contributed by atoms with E-state index in [4.69, 9.17) is 27.9 Å². The standard InChI is InChI=1S/C23H15BrCl2N2O2S/c1-30-20-8-7-14(24)10-13(20)6-9-22(29)27-19-11-15(16(25)12-17(19)26)23-28-18-4-2-3-5-21(18)31-23/h2-12H,1H3,(H,27,29). The summed E-state index contributed by atoms with van der Waals surface area (Å²) in [6, 6.07) is 16.8. The van der Waals surface area contributed by atoms with Crippen LogP contribution in [-0.4, -0.2) is 18.0 Å². The number of hydrogen-bond donors (Lipinski definition) is 1. The molecule has 4 nitrogen and oxygen atoms in total. The van der Waals surface area contributed by atoms with Crippen LogP contribution in [0.3, 0.4) is 0 Å². The summed E-state index contributed by atoms with van der Waals surface area (Å²) < 4.78 is 7.27. The number of carbonyl (C=O) groups is 1. The number of carbonyl (C=O) groups excluding carboxylic acids is 1. The van der Waals surface area contributed by atoms with E-state index in [9.17, 15) is 4.79 Å². The summed E-state index contributed by atoms with van der Waals surface area (Å²) in [6.45, 7) is 0. The Labute approximate surface area is 201 Å². The molecule has 0 saturated heterocycles. The van der Waals surface area contributed by atoms with Crippen molar-refractivity contribution in [2.75, 3.05) is 12.4 Å². The van der Waals surface area contributed by atoms with Gasteiger partial charge in [-0.05, 0) is 48.5 Å². The molecule has 1 N–H and O–H groups in total. The molecule has 0 spiro atoms. The molecule has 4 rings (SSSR count). The molecule has 3 aromatic carbocycles. The van der Waals surface area contributed by atoms with Crippen LogP contribution < -0.4 is 10.1 Å². The number of methoxy groups -OCH3 is 1. The number of halogens is 3. The number of ether oxygens (including phenoxy) is 1. The molecule has 4 aromatic rings. The van der Waals surface area contributed by atoms with Crippen LogP contribution >= 0.6 is 50.5 Å². The first-order chi connectivity index (χ1) is 14.9. The molecule has 0 radical (unpaired) electrons. The highest BCUT2D eigenvalue weighted by Crippen LogP contribution is 2.39. The second-order valence-electron chi connectivity index (χ2n) is 6.51. The fourth-order valence-electron chi connectivity index (χ4n) is 2.97. The first kappa shape index (κ1) is 21.8. The molecule has 0 fully saturated rings. The van der Waals surface area contributed by atoms with Crippen molar-refractivity contribution in [3.8, 4) is 16.3 Å². The predicted molar refractivity (Wildman–Crippen MR) is 133 cm³/mol. The Morgan fingerprint density at radius 2 is 1.94 bits per heavy atom. The van der Waals surface area contributed by atoms with Crippen LogP contribution in [0, 0.1) is 0 Å². The van der Waals surface area contributed by atoms with E-state index in [0.717, 1.165) is 25.3 Å². The van der Waals surface area contributed by atoms with Gasteiger partial charge in [0.15, 0.2) is 0 Å². The smallest absolute Gasteiger partial charge is 0.248 e. The average molecular weight is 534 g/mol. The first-order valence-corrected chi connectivity index (χ1v) is 11.5. The van der Waals surface area contributed by atoms with E-state index < -0.39 is 0 Å². The van der Waals surface area contributed by atoms with Crippen molar-refractivity contribution in [2.45, 2.75) is 0 Å². The van der Waals surface area contributed by atoms with Crippen molar-refractivity contribution in [1.82, 2.24) is 4.98 Å². The number of para-hydroxylation sites is 1. The minimum Gasteiger partial charge on any atom is -0.496 e. The summed E-state index contributed by atoms with van der Waals surface area (Å²) in [5.41, 5.74) is 2.82. The number of aromatic nitrogens is 1. The van der Waals surface area contributed by atoms with Crippen molar-refractivity contribution < 1.29 is 9.53 Å². The number of thiazole rings is 1. The van der Waals surface area contributed by atoms with Crippen LogP contribution in [0.1, 0.15) is 5.56 Å². The Morgan fingerprint density at radius 3 is 2.71 bits per heavy atom. The van der Waals surface area contributed by atoms with E-state index in [0.29, 0.717) is 27.0 Å². The van der Waals surface area contributed by atoms with Crippen molar-refractivity contribution in [1.29, 1.82) is 0 Å². The highest BCUT2D eigenvalue weighted by Gasteiger charge is 2.14. The van der Waals surface area contributed by atoms with Gasteiger partial charge < -0.3 is 10.1 Å². The molecule has 8 heteroatoms. The Morgan fingerprint density at radius 1 is 1.13 bits per heavy atom. The van der Waals surface area contributed by atoms with Crippen LogP contribution in [0.15, 0.2) is 65.1 Å². The molecule has 31 heavy (non-hydrogen) atoms. The minimum absolute atomic E-state index is 0.332. The molecular weight excluding hydrogens is 519 g/mol. The average Bonchev–Trinajstić information content (AvgIpc) is 3.18. The number of nitrogens with zero attached hydrogens (tertiary/aromatic N) is 1. The van der Waals surface area contributed by atoms with Crippen molar-refractivity contribution in [2.24, 2.45) is 0 Å². The maximum atomic E-state index is 12.5. The summed E-state index contributed by atoms with van der Waals surface area (Å²) in [6.07, 6.45) is 3.10. The van der Waals surface area contributed by atoms with Gasteiger partial charge in [-0.15, -0.1) is 11.3 Å². The molecular formula is C23H15BrCl2N2O2S. The second kappa shape index (κ2) is 9.40. The molecule has 1 heterocycles. The number of anilines is 1. The Bertz CT molecular complexity index is 1290. The molecule has 0 aliphatic rings. The van der Waals surface area contributed by atoms with Gasteiger partial charge in [0, 0.05) is 21.7 Å². The quantitative estimate of drug-likeness (QED) is 0.267. The molecule has 0 unspecified atom stereocenters. The molecule has 1 aromatic heterocycles. The summed E-state index contributed by atoms with van der Waals surface area (Å²) in [5.74, 6) is 0.330. The summed E-state index contributed by atoms with van der Waals surface area (Å²) in [4.78, 5) is 17.2. The highest BCUT2D eigenvalue weighted by molar-refractivity contribution is 9.10. The molecule has 0 atom stereocenters.